The van der Waals surface area contributed by atoms with Crippen LogP contribution in [0.5, 0.6) is 5.75 Å². The van der Waals surface area contributed by atoms with Crippen molar-refractivity contribution >= 4 is 0 Å². The molecule has 2 heteroatoms. The average Bonchev–Trinajstić information content (AvgIpc) is 2.15. The zero-order chi connectivity index (χ0) is 11.9. The van der Waals surface area contributed by atoms with E-state index in [1.807, 2.05) is 0 Å². The van der Waals surface area contributed by atoms with Crippen LogP contribution < -0.4 is 10.5 Å². The molecule has 1 heterocycles. The summed E-state index contributed by atoms with van der Waals surface area (Å²) in [5.41, 5.74) is 8.55. The first-order chi connectivity index (χ1) is 7.39. The first-order valence-electron chi connectivity index (χ1n) is 5.97. The van der Waals surface area contributed by atoms with Crippen LogP contribution in [0.4, 0.5) is 0 Å². The van der Waals surface area contributed by atoms with Gasteiger partial charge in [-0.25, -0.2) is 0 Å². The Balaban J connectivity index is 2.41. The van der Waals surface area contributed by atoms with Gasteiger partial charge in [0.05, 0.1) is 0 Å². The molecular formula is C14H21NO. The molecule has 1 atom stereocenters. The summed E-state index contributed by atoms with van der Waals surface area (Å²) in [4.78, 5) is 0. The van der Waals surface area contributed by atoms with Crippen molar-refractivity contribution < 1.29 is 4.74 Å². The fraction of sp³-hybridized carbons (Fsp3) is 0.571. The van der Waals surface area contributed by atoms with Crippen LogP contribution in [-0.4, -0.2) is 5.60 Å². The highest BCUT2D eigenvalue weighted by Gasteiger charge is 2.31. The molecule has 0 saturated heterocycles. The van der Waals surface area contributed by atoms with Crippen LogP contribution in [0.15, 0.2) is 18.2 Å². The Hall–Kier alpha value is -1.02. The van der Waals surface area contributed by atoms with Crippen LogP contribution in [0, 0.1) is 0 Å². The van der Waals surface area contributed by atoms with Gasteiger partial charge in [-0.05, 0) is 31.4 Å². The van der Waals surface area contributed by atoms with E-state index in [2.05, 4.69) is 45.9 Å². The largest absolute Gasteiger partial charge is 0.487 e. The van der Waals surface area contributed by atoms with Gasteiger partial charge >= 0.3 is 0 Å². The van der Waals surface area contributed by atoms with Crippen LogP contribution in [0.1, 0.15) is 57.2 Å². The Morgan fingerprint density at radius 3 is 2.69 bits per heavy atom. The molecule has 0 aromatic heterocycles. The number of hydrogen-bond acceptors (Lipinski definition) is 2. The Labute approximate surface area is 97.8 Å². The third-order valence-corrected chi connectivity index (χ3v) is 3.20. The van der Waals surface area contributed by atoms with E-state index in [-0.39, 0.29) is 11.6 Å². The topological polar surface area (TPSA) is 35.2 Å². The summed E-state index contributed by atoms with van der Waals surface area (Å²) < 4.78 is 5.94. The quantitative estimate of drug-likeness (QED) is 0.786. The van der Waals surface area contributed by atoms with E-state index < -0.39 is 0 Å². The number of nitrogens with two attached hydrogens (primary N) is 1. The van der Waals surface area contributed by atoms with Gasteiger partial charge in [-0.2, -0.15) is 0 Å². The molecule has 2 N–H and O–H groups in total. The van der Waals surface area contributed by atoms with Gasteiger partial charge in [0.2, 0.25) is 0 Å². The van der Waals surface area contributed by atoms with Gasteiger partial charge < -0.3 is 10.5 Å². The van der Waals surface area contributed by atoms with Gasteiger partial charge in [-0.15, -0.1) is 0 Å². The van der Waals surface area contributed by atoms with Gasteiger partial charge in [0, 0.05) is 18.0 Å². The zero-order valence-corrected chi connectivity index (χ0v) is 10.6. The molecule has 0 spiro atoms. The highest BCUT2D eigenvalue weighted by atomic mass is 16.5. The first-order valence-corrected chi connectivity index (χ1v) is 5.97. The fourth-order valence-corrected chi connectivity index (χ4v) is 2.29. The molecule has 88 valence electrons. The Morgan fingerprint density at radius 1 is 1.38 bits per heavy atom. The SMILES string of the molecule is CC(C)c1ccc2c(c1)[C@@H](N)CC(C)(C)O2. The van der Waals surface area contributed by atoms with Gasteiger partial charge in [-0.1, -0.05) is 26.0 Å². The number of fused-ring (bicyclic) bond motifs is 1. The molecule has 2 nitrogen and oxygen atoms in total. The molecule has 0 aliphatic carbocycles. The molecule has 1 aliphatic heterocycles. The van der Waals surface area contributed by atoms with Gasteiger partial charge in [0.25, 0.3) is 0 Å². The van der Waals surface area contributed by atoms with Crippen molar-refractivity contribution in [2.24, 2.45) is 5.73 Å². The van der Waals surface area contributed by atoms with E-state index in [1.165, 1.54) is 5.56 Å². The van der Waals surface area contributed by atoms with E-state index in [0.29, 0.717) is 5.92 Å². The van der Waals surface area contributed by atoms with E-state index >= 15 is 0 Å². The predicted octanol–water partition coefficient (Wildman–Crippen LogP) is 3.37. The zero-order valence-electron chi connectivity index (χ0n) is 10.6. The molecule has 0 radical (unpaired) electrons. The summed E-state index contributed by atoms with van der Waals surface area (Å²) in [6.45, 7) is 8.57. The van der Waals surface area contributed by atoms with Crippen molar-refractivity contribution in [2.45, 2.75) is 51.7 Å². The number of ether oxygens (including phenoxy) is 1. The van der Waals surface area contributed by atoms with Crippen LogP contribution in [-0.2, 0) is 0 Å². The first kappa shape index (κ1) is 11.5. The van der Waals surface area contributed by atoms with Crippen molar-refractivity contribution in [3.05, 3.63) is 29.3 Å². The summed E-state index contributed by atoms with van der Waals surface area (Å²) in [7, 11) is 0. The second-order valence-electron chi connectivity index (χ2n) is 5.62. The Morgan fingerprint density at radius 2 is 2.06 bits per heavy atom. The Kier molecular flexibility index (Phi) is 2.70. The van der Waals surface area contributed by atoms with Crippen LogP contribution in [0.25, 0.3) is 0 Å². The monoisotopic (exact) mass is 219 g/mol. The number of hydrogen-bond donors (Lipinski definition) is 1. The van der Waals surface area contributed by atoms with E-state index in [1.54, 1.807) is 0 Å². The number of rotatable bonds is 1. The molecule has 0 unspecified atom stereocenters. The van der Waals surface area contributed by atoms with Crippen LogP contribution >= 0.6 is 0 Å². The lowest BCUT2D eigenvalue weighted by Crippen LogP contribution is -2.37. The maximum Gasteiger partial charge on any atom is 0.124 e. The highest BCUT2D eigenvalue weighted by Crippen LogP contribution is 2.39. The van der Waals surface area contributed by atoms with E-state index in [0.717, 1.165) is 17.7 Å². The number of benzene rings is 1. The van der Waals surface area contributed by atoms with Crippen molar-refractivity contribution in [3.63, 3.8) is 0 Å². The van der Waals surface area contributed by atoms with Crippen molar-refractivity contribution in [1.82, 2.24) is 0 Å². The van der Waals surface area contributed by atoms with Gasteiger partial charge in [-0.3, -0.25) is 0 Å². The minimum absolute atomic E-state index is 0.0949. The molecule has 0 bridgehead atoms. The summed E-state index contributed by atoms with van der Waals surface area (Å²) in [5, 5.41) is 0. The third-order valence-electron chi connectivity index (χ3n) is 3.20. The lowest BCUT2D eigenvalue weighted by molar-refractivity contribution is 0.0728. The molecule has 1 aliphatic rings. The molecular weight excluding hydrogens is 198 g/mol. The second-order valence-corrected chi connectivity index (χ2v) is 5.62. The smallest absolute Gasteiger partial charge is 0.124 e. The van der Waals surface area contributed by atoms with E-state index in [4.69, 9.17) is 10.5 Å². The average molecular weight is 219 g/mol. The van der Waals surface area contributed by atoms with E-state index in [9.17, 15) is 0 Å². The predicted molar refractivity (Wildman–Crippen MR) is 66.8 cm³/mol. The lowest BCUT2D eigenvalue weighted by Gasteiger charge is -2.36. The maximum atomic E-state index is 6.21. The second kappa shape index (κ2) is 3.77. The van der Waals surface area contributed by atoms with Crippen molar-refractivity contribution in [1.29, 1.82) is 0 Å². The maximum absolute atomic E-state index is 6.21. The summed E-state index contributed by atoms with van der Waals surface area (Å²) in [6, 6.07) is 6.49. The van der Waals surface area contributed by atoms with Gasteiger partial charge in [0.1, 0.15) is 11.4 Å². The van der Waals surface area contributed by atoms with Gasteiger partial charge in [0.15, 0.2) is 0 Å². The van der Waals surface area contributed by atoms with Crippen molar-refractivity contribution in [2.75, 3.05) is 0 Å². The third kappa shape index (κ3) is 2.07. The molecule has 16 heavy (non-hydrogen) atoms. The van der Waals surface area contributed by atoms with Crippen LogP contribution in [0.3, 0.4) is 0 Å². The normalized spacial score (nSPS) is 22.8. The molecule has 0 saturated carbocycles. The molecule has 1 aromatic carbocycles. The lowest BCUT2D eigenvalue weighted by atomic mass is 9.88. The van der Waals surface area contributed by atoms with Crippen molar-refractivity contribution in [3.8, 4) is 5.75 Å². The summed E-state index contributed by atoms with van der Waals surface area (Å²) in [6.07, 6.45) is 0.877. The molecule has 2 rings (SSSR count). The minimum Gasteiger partial charge on any atom is -0.487 e. The molecule has 0 fully saturated rings. The Bertz CT molecular complexity index is 396. The fourth-order valence-electron chi connectivity index (χ4n) is 2.29. The highest BCUT2D eigenvalue weighted by molar-refractivity contribution is 5.42. The molecule has 1 aromatic rings. The minimum atomic E-state index is -0.147. The standard InChI is InChI=1S/C14H21NO/c1-9(2)10-5-6-13-11(7-10)12(15)8-14(3,4)16-13/h5-7,9,12H,8,15H2,1-4H3/t12-/m0/s1. The summed E-state index contributed by atoms with van der Waals surface area (Å²) >= 11 is 0. The molecule has 0 amide bonds. The van der Waals surface area contributed by atoms with Crippen LogP contribution in [0.2, 0.25) is 0 Å². The summed E-state index contributed by atoms with van der Waals surface area (Å²) in [5.74, 6) is 1.49.